The first kappa shape index (κ1) is 63.7. The van der Waals surface area contributed by atoms with Crippen LogP contribution in [0.5, 0.6) is 0 Å². The van der Waals surface area contributed by atoms with Crippen molar-refractivity contribution >= 4 is 41.7 Å². The van der Waals surface area contributed by atoms with Crippen LogP contribution in [0.4, 0.5) is 4.79 Å². The minimum Gasteiger partial charge on any atom is -0.480 e. The van der Waals surface area contributed by atoms with Gasteiger partial charge < -0.3 is 92.6 Å². The number of carboxylic acids is 2. The third kappa shape index (κ3) is 18.1. The number of guanidine groups is 1. The van der Waals surface area contributed by atoms with Gasteiger partial charge in [-0.3, -0.25) is 38.5 Å². The zero-order chi connectivity index (χ0) is 57.3. The van der Waals surface area contributed by atoms with E-state index in [-0.39, 0.29) is 51.4 Å². The van der Waals surface area contributed by atoms with Crippen LogP contribution in [0.25, 0.3) is 0 Å². The molecule has 1 aromatic heterocycles. The predicted molar refractivity (Wildman–Crippen MR) is 273 cm³/mol. The lowest BCUT2D eigenvalue weighted by molar-refractivity contribution is -0.231. The van der Waals surface area contributed by atoms with Crippen molar-refractivity contribution in [2.75, 3.05) is 33.3 Å². The van der Waals surface area contributed by atoms with E-state index in [4.69, 9.17) is 35.2 Å². The minimum atomic E-state index is -1.93. The highest BCUT2D eigenvalue weighted by molar-refractivity contribution is 5.94. The topological polar surface area (TPSA) is 441 Å². The molecule has 2 fully saturated rings. The van der Waals surface area contributed by atoms with Crippen molar-refractivity contribution in [3.8, 4) is 0 Å². The van der Waals surface area contributed by atoms with Gasteiger partial charge in [-0.25, -0.2) is 14.4 Å². The number of hydrogen-bond acceptors (Lipinski definition) is 21. The van der Waals surface area contributed by atoms with Gasteiger partial charge in [-0.1, -0.05) is 67.2 Å². The summed E-state index contributed by atoms with van der Waals surface area (Å²) in [6.07, 6.45) is -10.1. The highest BCUT2D eigenvalue weighted by atomic mass is 16.7. The van der Waals surface area contributed by atoms with Gasteiger partial charge in [0.05, 0.1) is 6.04 Å². The number of aromatic amines is 1. The molecule has 0 bridgehead atoms. The Labute approximate surface area is 445 Å². The van der Waals surface area contributed by atoms with Crippen LogP contribution in [-0.2, 0) is 47.7 Å². The van der Waals surface area contributed by atoms with Crippen LogP contribution in [0.1, 0.15) is 99.1 Å². The van der Waals surface area contributed by atoms with E-state index in [9.17, 15) is 63.9 Å². The van der Waals surface area contributed by atoms with Crippen molar-refractivity contribution in [3.05, 3.63) is 33.1 Å². The summed E-state index contributed by atoms with van der Waals surface area (Å²) >= 11 is 0. The lowest BCUT2D eigenvalue weighted by atomic mass is 9.96. The first-order chi connectivity index (χ1) is 36.4. The molecule has 4 amide bonds. The number of aromatic nitrogens is 2. The molecular weight excluding hydrogens is 1020 g/mol. The molecule has 4 rings (SSSR count). The molecule has 29 nitrogen and oxygen atoms in total. The van der Waals surface area contributed by atoms with Gasteiger partial charge >= 0.3 is 29.6 Å². The van der Waals surface area contributed by atoms with Crippen LogP contribution < -0.4 is 54.6 Å². The monoisotopic (exact) mass is 1100 g/mol. The third-order valence-electron chi connectivity index (χ3n) is 13.4. The molecule has 0 radical (unpaired) electrons. The van der Waals surface area contributed by atoms with Crippen molar-refractivity contribution < 1.29 is 78.0 Å². The summed E-state index contributed by atoms with van der Waals surface area (Å²) in [5.41, 5.74) is 9.96. The van der Waals surface area contributed by atoms with Crippen molar-refractivity contribution in [3.63, 3.8) is 0 Å². The van der Waals surface area contributed by atoms with Crippen molar-refractivity contribution in [1.29, 1.82) is 0 Å². The van der Waals surface area contributed by atoms with Gasteiger partial charge in [0.2, 0.25) is 11.8 Å². The number of amides is 4. The number of esters is 1. The molecule has 3 aliphatic rings. The number of methoxy groups -OCH3 is 1. The normalized spacial score (nSPS) is 25.7. The summed E-state index contributed by atoms with van der Waals surface area (Å²) in [4.78, 5) is 111. The Morgan fingerprint density at radius 2 is 1.53 bits per heavy atom. The molecule has 0 aromatic carbocycles. The van der Waals surface area contributed by atoms with Gasteiger partial charge in [0, 0.05) is 45.4 Å². The molecule has 0 aliphatic carbocycles. The van der Waals surface area contributed by atoms with Crippen molar-refractivity contribution in [2.24, 2.45) is 34.2 Å². The molecule has 436 valence electrons. The number of aliphatic hydroxyl groups is 3. The number of aliphatic carboxylic acids is 2. The van der Waals surface area contributed by atoms with Gasteiger partial charge in [0.1, 0.15) is 73.0 Å². The number of unbranched alkanes of at least 4 members (excludes halogenated alkanes) is 3. The average molecular weight is 1100 g/mol. The van der Waals surface area contributed by atoms with E-state index in [2.05, 4.69) is 50.7 Å². The lowest BCUT2D eigenvalue weighted by Gasteiger charge is -2.34. The van der Waals surface area contributed by atoms with Crippen LogP contribution >= 0.6 is 0 Å². The van der Waals surface area contributed by atoms with E-state index < -0.39 is 150 Å². The third-order valence-corrected chi connectivity index (χ3v) is 13.4. The standard InChI is InChI=1S/C48H81N11O18/c1-22(2)13-10-8-9-11-14-28(61)75-36(24(5)6)31(56-41(66)30(25-15-19-53-46(50)54-25)58-47(71)57-29(23(3)4)43(67)68)40(65)52-18-12-17-51-32(44(69)70)37(77-45-39(73-7)33(62)26(21-49)74-45)38-34(63)35(64)42(76-38)59-20-16-27(60)55-48(59)72/h16,20,22-26,29-39,42,45,51,62-64H,8-15,17-19,21,49H2,1-7H3,(H,52,65)(H,56,66)(H,67,68)(H,69,70)(H3,50,53,54)(H,55,60,72)(H2,57,58,71)/t25-,26+,29-,30-,31-,32?,33+,34-,35+,36-,37?,38-,39+,42+,45-/m0/s1. The summed E-state index contributed by atoms with van der Waals surface area (Å²) in [7, 11) is 1.23. The number of nitrogens with two attached hydrogens (primary N) is 2. The number of ether oxygens (including phenoxy) is 5. The fourth-order valence-corrected chi connectivity index (χ4v) is 9.17. The second kappa shape index (κ2) is 30.4. The van der Waals surface area contributed by atoms with Crippen LogP contribution in [-0.4, -0.2) is 195 Å². The maximum absolute atomic E-state index is 14.5. The quantitative estimate of drug-likeness (QED) is 0.0255. The molecule has 2 unspecified atom stereocenters. The molecule has 1 aromatic rings. The van der Waals surface area contributed by atoms with E-state index in [1.807, 2.05) is 4.98 Å². The molecule has 16 N–H and O–H groups in total. The zero-order valence-corrected chi connectivity index (χ0v) is 44.6. The second-order valence-electron chi connectivity index (χ2n) is 20.5. The summed E-state index contributed by atoms with van der Waals surface area (Å²) in [5, 5.41) is 69.6. The predicted octanol–water partition coefficient (Wildman–Crippen LogP) is -3.35. The van der Waals surface area contributed by atoms with E-state index in [0.717, 1.165) is 42.5 Å². The van der Waals surface area contributed by atoms with E-state index >= 15 is 0 Å². The number of aliphatic imine (C=N–C) groups is 1. The number of aliphatic hydroxyl groups excluding tert-OH is 3. The summed E-state index contributed by atoms with van der Waals surface area (Å²) in [6, 6.07) is -7.25. The highest BCUT2D eigenvalue weighted by Gasteiger charge is 2.54. The molecule has 29 heteroatoms. The average Bonchev–Trinajstić information content (AvgIpc) is 3.83. The lowest BCUT2D eigenvalue weighted by Crippen LogP contribution is -2.66. The van der Waals surface area contributed by atoms with Crippen LogP contribution in [0, 0.1) is 17.8 Å². The van der Waals surface area contributed by atoms with Crippen LogP contribution in [0.2, 0.25) is 0 Å². The molecule has 77 heavy (non-hydrogen) atoms. The number of carboxylic acid groups (broad SMARTS) is 2. The number of nitrogens with one attached hydrogen (secondary N) is 7. The van der Waals surface area contributed by atoms with Crippen LogP contribution in [0.3, 0.4) is 0 Å². The Hall–Kier alpha value is -5.79. The number of carbonyl (C=O) groups is 6. The molecule has 0 saturated carbocycles. The number of urea groups is 1. The van der Waals surface area contributed by atoms with Gasteiger partial charge in [0.25, 0.3) is 5.56 Å². The number of H-pyrrole nitrogens is 1. The summed E-state index contributed by atoms with van der Waals surface area (Å²) in [5.74, 6) is -5.97. The number of hydrogen-bond donors (Lipinski definition) is 14. The molecule has 0 spiro atoms. The summed E-state index contributed by atoms with van der Waals surface area (Å²) < 4.78 is 29.9. The minimum absolute atomic E-state index is 0.0191. The van der Waals surface area contributed by atoms with Crippen molar-refractivity contribution in [2.45, 2.75) is 184 Å². The SMILES string of the molecule is CO[C@H]1[C@H](OC(C(NCCCNC(=O)[C@@H](NC(=O)[C@@H](NC(=O)N[C@H](C(=O)O)C(C)C)[C@@H]2CCN=C(N)N2)[C@@H](OC(=O)CCCCCCC(C)C)C(C)C)C(=O)O)[C@H]2O[C@@H](n3ccc(=O)[nH]c3=O)[C@H](O)[C@@H]2O)O[C@H](CN)[C@H]1O. The summed E-state index contributed by atoms with van der Waals surface area (Å²) in [6.45, 7) is 10.2. The second-order valence-corrected chi connectivity index (χ2v) is 20.5. The first-order valence-corrected chi connectivity index (χ1v) is 26.0. The molecule has 4 heterocycles. The molecule has 2 saturated heterocycles. The van der Waals surface area contributed by atoms with Gasteiger partial charge in [-0.15, -0.1) is 0 Å². The highest BCUT2D eigenvalue weighted by Crippen LogP contribution is 2.35. The maximum Gasteiger partial charge on any atom is 0.330 e. The fraction of sp³-hybridized carbons (Fsp3) is 0.771. The first-order valence-electron chi connectivity index (χ1n) is 26.0. The Morgan fingerprint density at radius 1 is 0.844 bits per heavy atom. The molecular formula is C48H81N11O18. The van der Waals surface area contributed by atoms with E-state index in [1.54, 1.807) is 27.7 Å². The van der Waals surface area contributed by atoms with Gasteiger partial charge in [0.15, 0.2) is 18.5 Å². The Kier molecular flexibility index (Phi) is 25.2. The van der Waals surface area contributed by atoms with Gasteiger partial charge in [-0.2, -0.15) is 0 Å². The Morgan fingerprint density at radius 3 is 2.13 bits per heavy atom. The zero-order valence-electron chi connectivity index (χ0n) is 44.6. The maximum atomic E-state index is 14.5. The number of rotatable bonds is 31. The Bertz CT molecular complexity index is 2270. The number of nitrogens with zero attached hydrogens (tertiary/aromatic N) is 2. The van der Waals surface area contributed by atoms with E-state index in [0.29, 0.717) is 12.3 Å². The smallest absolute Gasteiger partial charge is 0.330 e. The Balaban J connectivity index is 1.59. The van der Waals surface area contributed by atoms with Crippen LogP contribution in [0.15, 0.2) is 26.8 Å². The van der Waals surface area contributed by atoms with Gasteiger partial charge in [-0.05, 0) is 43.6 Å². The largest absolute Gasteiger partial charge is 0.480 e. The van der Waals surface area contributed by atoms with Crippen molar-refractivity contribution in [1.82, 2.24) is 41.5 Å². The van der Waals surface area contributed by atoms with E-state index in [1.165, 1.54) is 7.11 Å². The number of carbonyl (C=O) groups excluding carboxylic acids is 4. The fourth-order valence-electron chi connectivity index (χ4n) is 9.17. The molecule has 3 aliphatic heterocycles. The molecule has 15 atom stereocenters.